The molecule has 5 rings (SSSR count). The monoisotopic (exact) mass is 456 g/mol. The summed E-state index contributed by atoms with van der Waals surface area (Å²) >= 11 is 0. The van der Waals surface area contributed by atoms with Crippen LogP contribution >= 0.6 is 0 Å². The number of para-hydroxylation sites is 1. The first-order valence-corrected chi connectivity index (χ1v) is 11.2. The van der Waals surface area contributed by atoms with Gasteiger partial charge in [0.1, 0.15) is 11.4 Å². The predicted octanol–water partition coefficient (Wildman–Crippen LogP) is 5.13. The number of carbonyl (C=O) groups is 1. The van der Waals surface area contributed by atoms with E-state index in [4.69, 9.17) is 13.9 Å². The van der Waals surface area contributed by atoms with Gasteiger partial charge in [0.25, 0.3) is 5.91 Å². The average molecular weight is 456 g/mol. The van der Waals surface area contributed by atoms with E-state index in [1.807, 2.05) is 12.1 Å². The Balaban J connectivity index is 1.70. The highest BCUT2D eigenvalue weighted by atomic mass is 16.5. The number of methoxy groups -OCH3 is 1. The number of nitrogens with zero attached hydrogens (tertiary/aromatic N) is 2. The number of carbonyl (C=O) groups excluding carboxylic acids is 1. The number of anilines is 1. The molecular formula is C27H24N2O5. The van der Waals surface area contributed by atoms with Gasteiger partial charge in [-0.3, -0.25) is 14.5 Å². The maximum Gasteiger partial charge on any atom is 0.296 e. The Bertz CT molecular complexity index is 1410. The summed E-state index contributed by atoms with van der Waals surface area (Å²) in [4.78, 5) is 33.1. The van der Waals surface area contributed by atoms with Crippen LogP contribution in [0.5, 0.6) is 11.5 Å². The molecule has 0 saturated heterocycles. The number of aromatic nitrogens is 1. The number of pyridine rings is 1. The second kappa shape index (κ2) is 9.02. The van der Waals surface area contributed by atoms with E-state index in [0.29, 0.717) is 40.5 Å². The van der Waals surface area contributed by atoms with Crippen LogP contribution in [0.1, 0.15) is 47.5 Å². The average Bonchev–Trinajstić information content (AvgIpc) is 3.17. The van der Waals surface area contributed by atoms with Crippen LogP contribution in [0, 0.1) is 0 Å². The van der Waals surface area contributed by atoms with Crippen molar-refractivity contribution in [2.75, 3.05) is 18.6 Å². The largest absolute Gasteiger partial charge is 0.493 e. The SMILES string of the molecule is CCCCOc1ccc([C@H]2c3c(oc4ccccc4c3=O)C(=O)N2c2ccccn2)cc1OC. The van der Waals surface area contributed by atoms with Crippen LogP contribution in [0.15, 0.2) is 76.1 Å². The van der Waals surface area contributed by atoms with Crippen LogP contribution in [0.25, 0.3) is 11.0 Å². The Morgan fingerprint density at radius 3 is 2.62 bits per heavy atom. The van der Waals surface area contributed by atoms with E-state index in [-0.39, 0.29) is 16.8 Å². The molecule has 1 aliphatic heterocycles. The fourth-order valence-electron chi connectivity index (χ4n) is 4.27. The van der Waals surface area contributed by atoms with Gasteiger partial charge in [0, 0.05) is 6.20 Å². The first-order valence-electron chi connectivity index (χ1n) is 11.2. The van der Waals surface area contributed by atoms with E-state index < -0.39 is 11.9 Å². The summed E-state index contributed by atoms with van der Waals surface area (Å²) in [6, 6.07) is 17.0. The summed E-state index contributed by atoms with van der Waals surface area (Å²) in [7, 11) is 1.57. The number of amides is 1. The van der Waals surface area contributed by atoms with Gasteiger partial charge in [-0.15, -0.1) is 0 Å². The Hall–Kier alpha value is -4.13. The van der Waals surface area contributed by atoms with E-state index in [2.05, 4.69) is 11.9 Å². The fourth-order valence-corrected chi connectivity index (χ4v) is 4.27. The molecule has 0 radical (unpaired) electrons. The number of hydrogen-bond acceptors (Lipinski definition) is 6. The van der Waals surface area contributed by atoms with Gasteiger partial charge < -0.3 is 13.9 Å². The zero-order chi connectivity index (χ0) is 23.7. The maximum atomic E-state index is 13.6. The summed E-state index contributed by atoms with van der Waals surface area (Å²) in [5, 5.41) is 0.424. The van der Waals surface area contributed by atoms with Crippen molar-refractivity contribution in [1.82, 2.24) is 4.98 Å². The molecule has 7 nitrogen and oxygen atoms in total. The number of unbranched alkanes of at least 4 members (excludes halogenated alkanes) is 1. The molecule has 2 aromatic carbocycles. The standard InChI is InChI=1S/C27H24N2O5/c1-3-4-15-33-20-13-12-17(16-21(20)32-2)24-23-25(30)18-9-5-6-10-19(18)34-26(23)27(31)29(24)22-11-7-8-14-28-22/h5-14,16,24H,3-4,15H2,1-2H3/t24-/m0/s1. The third kappa shape index (κ3) is 3.59. The molecule has 34 heavy (non-hydrogen) atoms. The van der Waals surface area contributed by atoms with Crippen LogP contribution < -0.4 is 19.8 Å². The van der Waals surface area contributed by atoms with Crippen molar-refractivity contribution >= 4 is 22.7 Å². The molecule has 0 unspecified atom stereocenters. The van der Waals surface area contributed by atoms with Crippen molar-refractivity contribution in [3.63, 3.8) is 0 Å². The van der Waals surface area contributed by atoms with Gasteiger partial charge in [0.15, 0.2) is 16.9 Å². The van der Waals surface area contributed by atoms with Gasteiger partial charge in [0.05, 0.1) is 30.7 Å². The summed E-state index contributed by atoms with van der Waals surface area (Å²) < 4.78 is 17.4. The maximum absolute atomic E-state index is 13.6. The lowest BCUT2D eigenvalue weighted by Gasteiger charge is -2.25. The number of rotatable bonds is 7. The molecule has 0 spiro atoms. The molecule has 3 heterocycles. The third-order valence-corrected chi connectivity index (χ3v) is 5.93. The van der Waals surface area contributed by atoms with Gasteiger partial charge in [-0.2, -0.15) is 0 Å². The molecular weight excluding hydrogens is 432 g/mol. The molecule has 2 aromatic heterocycles. The Kier molecular flexibility index (Phi) is 5.76. The summed E-state index contributed by atoms with van der Waals surface area (Å²) in [5.41, 5.74) is 1.12. The van der Waals surface area contributed by atoms with Crippen molar-refractivity contribution in [3.8, 4) is 11.5 Å². The Morgan fingerprint density at radius 1 is 1.03 bits per heavy atom. The molecule has 0 aliphatic carbocycles. The molecule has 1 atom stereocenters. The minimum atomic E-state index is -0.725. The molecule has 0 fully saturated rings. The lowest BCUT2D eigenvalue weighted by molar-refractivity contribution is 0.0970. The topological polar surface area (TPSA) is 81.9 Å². The normalized spacial score (nSPS) is 14.9. The number of ether oxygens (including phenoxy) is 2. The molecule has 4 aromatic rings. The van der Waals surface area contributed by atoms with Crippen molar-refractivity contribution in [3.05, 3.63) is 94.0 Å². The van der Waals surface area contributed by atoms with E-state index in [0.717, 1.165) is 12.8 Å². The summed E-state index contributed by atoms with van der Waals surface area (Å²) in [5.74, 6) is 1.18. The van der Waals surface area contributed by atoms with E-state index in [1.165, 1.54) is 4.90 Å². The second-order valence-electron chi connectivity index (χ2n) is 8.05. The van der Waals surface area contributed by atoms with Gasteiger partial charge in [0.2, 0.25) is 5.76 Å². The lowest BCUT2D eigenvalue weighted by Crippen LogP contribution is -2.30. The van der Waals surface area contributed by atoms with Gasteiger partial charge in [-0.1, -0.05) is 37.6 Å². The van der Waals surface area contributed by atoms with Crippen molar-refractivity contribution in [1.29, 1.82) is 0 Å². The van der Waals surface area contributed by atoms with Crippen LogP contribution in [0.3, 0.4) is 0 Å². The minimum Gasteiger partial charge on any atom is -0.493 e. The Morgan fingerprint density at radius 2 is 1.85 bits per heavy atom. The first kappa shape index (κ1) is 21.7. The molecule has 0 saturated carbocycles. The highest BCUT2D eigenvalue weighted by Crippen LogP contribution is 2.42. The quantitative estimate of drug-likeness (QED) is 0.359. The van der Waals surface area contributed by atoms with Gasteiger partial charge in [-0.05, 0) is 48.4 Å². The van der Waals surface area contributed by atoms with Gasteiger partial charge >= 0.3 is 0 Å². The zero-order valence-electron chi connectivity index (χ0n) is 19.0. The van der Waals surface area contributed by atoms with Crippen LogP contribution in [0.4, 0.5) is 5.82 Å². The molecule has 0 bridgehead atoms. The van der Waals surface area contributed by atoms with Crippen molar-refractivity contribution < 1.29 is 18.7 Å². The van der Waals surface area contributed by atoms with Crippen LogP contribution in [-0.4, -0.2) is 24.6 Å². The van der Waals surface area contributed by atoms with Crippen molar-refractivity contribution in [2.24, 2.45) is 0 Å². The lowest BCUT2D eigenvalue weighted by atomic mass is 9.98. The fraction of sp³-hybridized carbons (Fsp3) is 0.222. The van der Waals surface area contributed by atoms with E-state index in [1.54, 1.807) is 61.8 Å². The molecule has 1 amide bonds. The molecule has 0 N–H and O–H groups in total. The summed E-state index contributed by atoms with van der Waals surface area (Å²) in [6.07, 6.45) is 3.56. The number of hydrogen-bond donors (Lipinski definition) is 0. The van der Waals surface area contributed by atoms with Gasteiger partial charge in [-0.25, -0.2) is 4.98 Å². The smallest absolute Gasteiger partial charge is 0.296 e. The third-order valence-electron chi connectivity index (χ3n) is 5.93. The van der Waals surface area contributed by atoms with E-state index >= 15 is 0 Å². The molecule has 172 valence electrons. The number of benzene rings is 2. The van der Waals surface area contributed by atoms with Crippen molar-refractivity contribution in [2.45, 2.75) is 25.8 Å². The van der Waals surface area contributed by atoms with Crippen LogP contribution in [-0.2, 0) is 0 Å². The zero-order valence-corrected chi connectivity index (χ0v) is 19.0. The highest BCUT2D eigenvalue weighted by molar-refractivity contribution is 6.10. The second-order valence-corrected chi connectivity index (χ2v) is 8.05. The van der Waals surface area contributed by atoms with E-state index in [9.17, 15) is 9.59 Å². The molecule has 7 heteroatoms. The Labute approximate surface area is 196 Å². The predicted molar refractivity (Wildman–Crippen MR) is 129 cm³/mol. The highest BCUT2D eigenvalue weighted by Gasteiger charge is 2.44. The summed E-state index contributed by atoms with van der Waals surface area (Å²) in [6.45, 7) is 2.67. The van der Waals surface area contributed by atoms with Crippen LogP contribution in [0.2, 0.25) is 0 Å². The minimum absolute atomic E-state index is 0.0293. The number of fused-ring (bicyclic) bond motifs is 2. The molecule has 1 aliphatic rings. The first-order chi connectivity index (χ1) is 16.6.